The molecule has 0 atom stereocenters. The van der Waals surface area contributed by atoms with Crippen LogP contribution < -0.4 is 0 Å². The van der Waals surface area contributed by atoms with Crippen molar-refractivity contribution in [3.63, 3.8) is 0 Å². The second-order valence-electron chi connectivity index (χ2n) is 0. The molecule has 1 nitrogen and oxygen atoms in total. The quantitative estimate of drug-likeness (QED) is 0.555. The van der Waals surface area contributed by atoms with Gasteiger partial charge in [0, 0.05) is 61.5 Å². The standard InChI is InChI=1S/2Cr.Nb.O.Ti. The van der Waals surface area contributed by atoms with Gasteiger partial charge >= 0.3 is 20.0 Å². The fourth-order valence-electron chi connectivity index (χ4n) is 0. The molecule has 0 saturated heterocycles. The summed E-state index contributed by atoms with van der Waals surface area (Å²) in [5, 5.41) is 0. The molecule has 0 saturated carbocycles. The summed E-state index contributed by atoms with van der Waals surface area (Å²) in [5.74, 6) is 0. The van der Waals surface area contributed by atoms with Crippen LogP contribution in [0.3, 0.4) is 0 Å². The predicted molar refractivity (Wildman–Crippen MR) is 0.686 cm³/mol. The van der Waals surface area contributed by atoms with E-state index in [0.29, 0.717) is 0 Å². The Labute approximate surface area is 80.4 Å². The smallest absolute Gasteiger partial charge is 0 e. The first kappa shape index (κ1) is 26.5. The predicted octanol–water partition coefficient (Wildman–Crippen LogP) is -0.129. The van der Waals surface area contributed by atoms with Crippen LogP contribution in [0.15, 0.2) is 0 Å². The van der Waals surface area contributed by atoms with Crippen molar-refractivity contribution < 1.29 is 81.5 Å². The summed E-state index contributed by atoms with van der Waals surface area (Å²) in [6, 6.07) is 0. The van der Waals surface area contributed by atoms with E-state index in [-0.39, 0.29) is 61.5 Å². The number of hydrogen-bond acceptors (Lipinski definition) is 1. The summed E-state index contributed by atoms with van der Waals surface area (Å²) >= 11 is 1.38. The van der Waals surface area contributed by atoms with Gasteiger partial charge in [-0.05, 0) is 0 Å². The van der Waals surface area contributed by atoms with Crippen LogP contribution in [0.5, 0.6) is 0 Å². The largest absolute Gasteiger partial charge is 0 e. The minimum atomic E-state index is 0. The van der Waals surface area contributed by atoms with Crippen LogP contribution in [0, 0.1) is 0 Å². The number of rotatable bonds is 0. The molecule has 0 aliphatic carbocycles. The SMILES string of the molecule is [Cr].[Nb].[O]=[Cr].[Ti]. The van der Waals surface area contributed by atoms with Gasteiger partial charge in [0.1, 0.15) is 0 Å². The maximum atomic E-state index is 8.12. The van der Waals surface area contributed by atoms with Gasteiger partial charge in [0.15, 0.2) is 0 Å². The third-order valence-corrected chi connectivity index (χ3v) is 0. The van der Waals surface area contributed by atoms with E-state index in [1.807, 2.05) is 0 Å². The first-order valence-corrected chi connectivity index (χ1v) is 0.687. The molecular formula is Cr2NbOTi. The fourth-order valence-corrected chi connectivity index (χ4v) is 0. The molecule has 0 heterocycles. The summed E-state index contributed by atoms with van der Waals surface area (Å²) in [7, 11) is 0. The third kappa shape index (κ3) is 21.9. The Morgan fingerprint density at radius 1 is 1.20 bits per heavy atom. The average Bonchev–Trinajstić information content (AvgIpc) is 1.00. The molecule has 5 heteroatoms. The zero-order valence-corrected chi connectivity index (χ0v) is 8.48. The number of hydrogen-bond donors (Lipinski definition) is 0. The van der Waals surface area contributed by atoms with Crippen LogP contribution in [-0.2, 0) is 81.5 Å². The molecule has 0 unspecified atom stereocenters. The first-order chi connectivity index (χ1) is 1.00. The topological polar surface area (TPSA) is 17.1 Å². The first-order valence-electron chi connectivity index (χ1n) is 0.167. The molecule has 0 bridgehead atoms. The Bertz CT molecular complexity index is 9.61. The molecule has 0 fully saturated rings. The van der Waals surface area contributed by atoms with Crippen molar-refractivity contribution in [1.29, 1.82) is 0 Å². The maximum absolute atomic E-state index is 8.12. The Balaban J connectivity index is -0.00000000167. The van der Waals surface area contributed by atoms with E-state index in [4.69, 9.17) is 3.80 Å². The minimum Gasteiger partial charge on any atom is 0 e. The van der Waals surface area contributed by atoms with Crippen LogP contribution in [0.25, 0.3) is 0 Å². The zero-order chi connectivity index (χ0) is 2.00. The molecule has 0 aliphatic rings. The van der Waals surface area contributed by atoms with E-state index >= 15 is 0 Å². The van der Waals surface area contributed by atoms with E-state index in [1.54, 1.807) is 0 Å². The zero-order valence-electron chi connectivity index (χ0n) is 2.17. The molecule has 0 aliphatic heterocycles. The van der Waals surface area contributed by atoms with E-state index < -0.39 is 0 Å². The molecule has 27 valence electrons. The van der Waals surface area contributed by atoms with Crippen LogP contribution in [0.1, 0.15) is 0 Å². The average molecular weight is 261 g/mol. The Morgan fingerprint density at radius 2 is 1.20 bits per heavy atom. The molecule has 0 aromatic carbocycles. The summed E-state index contributed by atoms with van der Waals surface area (Å²) in [6.07, 6.45) is 0. The Hall–Kier alpha value is 2.32. The van der Waals surface area contributed by atoms with Gasteiger partial charge in [-0.2, -0.15) is 0 Å². The molecule has 0 N–H and O–H groups in total. The van der Waals surface area contributed by atoms with Gasteiger partial charge in [0.25, 0.3) is 0 Å². The molecule has 5 heavy (non-hydrogen) atoms. The molecule has 0 aromatic rings. The van der Waals surface area contributed by atoms with Gasteiger partial charge in [-0.3, -0.25) is 0 Å². The fraction of sp³-hybridized carbons (Fsp3) is 0. The van der Waals surface area contributed by atoms with Crippen molar-refractivity contribution in [3.8, 4) is 0 Å². The minimum absolute atomic E-state index is 0. The maximum Gasteiger partial charge on any atom is 0 e. The van der Waals surface area contributed by atoms with Crippen molar-refractivity contribution in [2.24, 2.45) is 0 Å². The molecule has 0 aromatic heterocycles. The monoisotopic (exact) mass is 261 g/mol. The second kappa shape index (κ2) is 33.2. The van der Waals surface area contributed by atoms with Gasteiger partial charge in [-0.25, -0.2) is 0 Å². The van der Waals surface area contributed by atoms with E-state index in [2.05, 4.69) is 0 Å². The van der Waals surface area contributed by atoms with E-state index in [0.717, 1.165) is 0 Å². The van der Waals surface area contributed by atoms with Gasteiger partial charge in [-0.1, -0.05) is 0 Å². The van der Waals surface area contributed by atoms with Crippen LogP contribution in [-0.4, -0.2) is 0 Å². The van der Waals surface area contributed by atoms with Crippen molar-refractivity contribution in [2.75, 3.05) is 0 Å². The van der Waals surface area contributed by atoms with Crippen molar-refractivity contribution >= 4 is 0 Å². The molecule has 1 radical (unpaired) electrons. The van der Waals surface area contributed by atoms with E-state index in [1.165, 1.54) is 16.2 Å². The summed E-state index contributed by atoms with van der Waals surface area (Å²) in [5.41, 5.74) is 0. The van der Waals surface area contributed by atoms with Crippen molar-refractivity contribution in [2.45, 2.75) is 0 Å². The van der Waals surface area contributed by atoms with Gasteiger partial charge in [0.2, 0.25) is 0 Å². The van der Waals surface area contributed by atoms with Gasteiger partial charge in [-0.15, -0.1) is 0 Å². The molecular weight excluding hydrogens is 261 g/mol. The second-order valence-corrected chi connectivity index (χ2v) is 0. The Kier molecular flexibility index (Phi) is 176. The van der Waals surface area contributed by atoms with E-state index in [9.17, 15) is 0 Å². The van der Waals surface area contributed by atoms with Crippen LogP contribution >= 0.6 is 0 Å². The van der Waals surface area contributed by atoms with Crippen LogP contribution in [0.4, 0.5) is 0 Å². The van der Waals surface area contributed by atoms with Gasteiger partial charge < -0.3 is 0 Å². The molecule has 0 amide bonds. The van der Waals surface area contributed by atoms with Crippen molar-refractivity contribution in [3.05, 3.63) is 0 Å². The molecule has 0 spiro atoms. The van der Waals surface area contributed by atoms with Gasteiger partial charge in [0.05, 0.1) is 0 Å². The summed E-state index contributed by atoms with van der Waals surface area (Å²) < 4.78 is 8.12. The normalized spacial score (nSPS) is 0.800. The van der Waals surface area contributed by atoms with Crippen molar-refractivity contribution in [1.82, 2.24) is 0 Å². The Morgan fingerprint density at radius 3 is 1.20 bits per heavy atom. The van der Waals surface area contributed by atoms with Crippen LogP contribution in [0.2, 0.25) is 0 Å². The third-order valence-electron chi connectivity index (χ3n) is 0. The summed E-state index contributed by atoms with van der Waals surface area (Å²) in [6.45, 7) is 0. The molecule has 0 rings (SSSR count). The summed E-state index contributed by atoms with van der Waals surface area (Å²) in [4.78, 5) is 0.